The zero-order valence-electron chi connectivity index (χ0n) is 12.3. The third-order valence-corrected chi connectivity index (χ3v) is 3.82. The van der Waals surface area contributed by atoms with Gasteiger partial charge in [0, 0.05) is 24.3 Å². The van der Waals surface area contributed by atoms with Crippen molar-refractivity contribution in [1.29, 1.82) is 0 Å². The minimum atomic E-state index is -0.0540. The summed E-state index contributed by atoms with van der Waals surface area (Å²) < 4.78 is 0. The molecule has 1 amide bonds. The van der Waals surface area contributed by atoms with Crippen LogP contribution in [0.2, 0.25) is 0 Å². The average molecular weight is 325 g/mol. The van der Waals surface area contributed by atoms with E-state index in [1.54, 1.807) is 18.5 Å². The standard InChI is InChI=1S/C16H15N5OS/c22-14(19-10-12-5-2-1-3-6-12)9-13-11-23-16(20-13)21-15-17-7-4-8-18-15/h1-8,11H,9-10H2,(H,19,22)(H,17,18,20,21). The lowest BCUT2D eigenvalue weighted by Gasteiger charge is -2.04. The Morgan fingerprint density at radius 3 is 2.65 bits per heavy atom. The lowest BCUT2D eigenvalue weighted by atomic mass is 10.2. The molecule has 7 heteroatoms. The molecular formula is C16H15N5OS. The molecule has 2 aromatic heterocycles. The van der Waals surface area contributed by atoms with E-state index < -0.39 is 0 Å². The highest BCUT2D eigenvalue weighted by atomic mass is 32.1. The monoisotopic (exact) mass is 325 g/mol. The van der Waals surface area contributed by atoms with Crippen LogP contribution < -0.4 is 10.6 Å². The van der Waals surface area contributed by atoms with Gasteiger partial charge in [-0.25, -0.2) is 15.0 Å². The molecule has 23 heavy (non-hydrogen) atoms. The Hall–Kier alpha value is -2.80. The summed E-state index contributed by atoms with van der Waals surface area (Å²) in [6, 6.07) is 11.5. The largest absolute Gasteiger partial charge is 0.352 e. The highest BCUT2D eigenvalue weighted by Gasteiger charge is 2.08. The molecule has 0 fully saturated rings. The fourth-order valence-corrected chi connectivity index (χ4v) is 2.63. The van der Waals surface area contributed by atoms with Crippen molar-refractivity contribution < 1.29 is 4.79 Å². The highest BCUT2D eigenvalue weighted by Crippen LogP contribution is 2.18. The van der Waals surface area contributed by atoms with Crippen molar-refractivity contribution in [2.75, 3.05) is 5.32 Å². The van der Waals surface area contributed by atoms with Gasteiger partial charge in [0.2, 0.25) is 11.9 Å². The number of nitrogens with zero attached hydrogens (tertiary/aromatic N) is 3. The van der Waals surface area contributed by atoms with Gasteiger partial charge < -0.3 is 10.6 Å². The van der Waals surface area contributed by atoms with Crippen molar-refractivity contribution in [3.05, 3.63) is 65.4 Å². The molecule has 0 saturated heterocycles. The average Bonchev–Trinajstić information content (AvgIpc) is 3.02. The summed E-state index contributed by atoms with van der Waals surface area (Å²) in [6.45, 7) is 0.521. The summed E-state index contributed by atoms with van der Waals surface area (Å²) in [6.07, 6.45) is 3.56. The third-order valence-electron chi connectivity index (χ3n) is 3.01. The fourth-order valence-electron chi connectivity index (χ4n) is 1.93. The second kappa shape index (κ2) is 7.46. The van der Waals surface area contributed by atoms with Crippen molar-refractivity contribution in [2.45, 2.75) is 13.0 Å². The van der Waals surface area contributed by atoms with E-state index in [2.05, 4.69) is 25.6 Å². The molecule has 0 radical (unpaired) electrons. The van der Waals surface area contributed by atoms with Gasteiger partial charge in [0.25, 0.3) is 0 Å². The molecule has 0 aliphatic carbocycles. The van der Waals surface area contributed by atoms with E-state index in [-0.39, 0.29) is 12.3 Å². The molecule has 2 heterocycles. The summed E-state index contributed by atoms with van der Waals surface area (Å²) in [5.41, 5.74) is 1.79. The number of aromatic nitrogens is 3. The van der Waals surface area contributed by atoms with E-state index in [0.29, 0.717) is 17.6 Å². The molecule has 0 spiro atoms. The molecule has 0 aliphatic rings. The van der Waals surface area contributed by atoms with Gasteiger partial charge in [0.05, 0.1) is 12.1 Å². The summed E-state index contributed by atoms with van der Waals surface area (Å²) in [5, 5.41) is 8.42. The fraction of sp³-hybridized carbons (Fsp3) is 0.125. The van der Waals surface area contributed by atoms with Crippen LogP contribution >= 0.6 is 11.3 Å². The Labute approximate surface area is 137 Å². The molecule has 6 nitrogen and oxygen atoms in total. The summed E-state index contributed by atoms with van der Waals surface area (Å²) in [4.78, 5) is 24.5. The molecule has 1 aromatic carbocycles. The minimum Gasteiger partial charge on any atom is -0.352 e. The molecule has 2 N–H and O–H groups in total. The zero-order valence-corrected chi connectivity index (χ0v) is 13.1. The van der Waals surface area contributed by atoms with Crippen molar-refractivity contribution in [2.24, 2.45) is 0 Å². The third kappa shape index (κ3) is 4.58. The van der Waals surface area contributed by atoms with Gasteiger partial charge >= 0.3 is 0 Å². The van der Waals surface area contributed by atoms with E-state index in [1.807, 2.05) is 35.7 Å². The zero-order chi connectivity index (χ0) is 15.9. The van der Waals surface area contributed by atoms with Gasteiger partial charge in [0.1, 0.15) is 0 Å². The summed E-state index contributed by atoms with van der Waals surface area (Å²) >= 11 is 1.42. The number of rotatable bonds is 6. The van der Waals surface area contributed by atoms with Crippen molar-refractivity contribution in [3.8, 4) is 0 Å². The Morgan fingerprint density at radius 2 is 1.87 bits per heavy atom. The minimum absolute atomic E-state index is 0.0540. The van der Waals surface area contributed by atoms with Crippen LogP contribution in [0.4, 0.5) is 11.1 Å². The predicted molar refractivity (Wildman–Crippen MR) is 89.4 cm³/mol. The van der Waals surface area contributed by atoms with Gasteiger partial charge in [-0.1, -0.05) is 30.3 Å². The molecule has 3 aromatic rings. The van der Waals surface area contributed by atoms with Crippen LogP contribution in [-0.4, -0.2) is 20.9 Å². The van der Waals surface area contributed by atoms with Gasteiger partial charge in [-0.3, -0.25) is 4.79 Å². The first-order chi connectivity index (χ1) is 11.3. The maximum absolute atomic E-state index is 12.0. The number of benzene rings is 1. The Morgan fingerprint density at radius 1 is 1.09 bits per heavy atom. The second-order valence-electron chi connectivity index (χ2n) is 4.78. The lowest BCUT2D eigenvalue weighted by molar-refractivity contribution is -0.120. The number of carbonyl (C=O) groups is 1. The number of hydrogen-bond donors (Lipinski definition) is 2. The van der Waals surface area contributed by atoms with E-state index in [4.69, 9.17) is 0 Å². The van der Waals surface area contributed by atoms with Crippen molar-refractivity contribution in [1.82, 2.24) is 20.3 Å². The van der Waals surface area contributed by atoms with Crippen molar-refractivity contribution >= 4 is 28.3 Å². The highest BCUT2D eigenvalue weighted by molar-refractivity contribution is 7.13. The van der Waals surface area contributed by atoms with Gasteiger partial charge in [-0.15, -0.1) is 11.3 Å². The molecule has 3 rings (SSSR count). The Balaban J connectivity index is 1.51. The molecule has 0 atom stereocenters. The van der Waals surface area contributed by atoms with E-state index in [0.717, 1.165) is 11.3 Å². The molecule has 0 unspecified atom stereocenters. The first-order valence-electron chi connectivity index (χ1n) is 7.09. The number of amides is 1. The van der Waals surface area contributed by atoms with Gasteiger partial charge in [-0.2, -0.15) is 0 Å². The number of hydrogen-bond acceptors (Lipinski definition) is 6. The van der Waals surface area contributed by atoms with Crippen LogP contribution in [0, 0.1) is 0 Å². The predicted octanol–water partition coefficient (Wildman–Crippen LogP) is 2.54. The van der Waals surface area contributed by atoms with Gasteiger partial charge in [-0.05, 0) is 11.6 Å². The number of nitrogens with one attached hydrogen (secondary N) is 2. The van der Waals surface area contributed by atoms with Crippen LogP contribution in [0.5, 0.6) is 0 Å². The Kier molecular flexibility index (Phi) is 4.90. The van der Waals surface area contributed by atoms with Gasteiger partial charge in [0.15, 0.2) is 5.13 Å². The quantitative estimate of drug-likeness (QED) is 0.728. The van der Waals surface area contributed by atoms with Crippen LogP contribution in [-0.2, 0) is 17.8 Å². The van der Waals surface area contributed by atoms with Crippen LogP contribution in [0.25, 0.3) is 0 Å². The Bertz CT molecular complexity index is 760. The van der Waals surface area contributed by atoms with Crippen LogP contribution in [0.1, 0.15) is 11.3 Å². The molecular weight excluding hydrogens is 310 g/mol. The summed E-state index contributed by atoms with van der Waals surface area (Å²) in [5.74, 6) is 0.434. The maximum Gasteiger partial charge on any atom is 0.228 e. The SMILES string of the molecule is O=C(Cc1csc(Nc2ncccn2)n1)NCc1ccccc1. The van der Waals surface area contributed by atoms with Crippen molar-refractivity contribution in [3.63, 3.8) is 0 Å². The number of anilines is 2. The lowest BCUT2D eigenvalue weighted by Crippen LogP contribution is -2.24. The smallest absolute Gasteiger partial charge is 0.228 e. The number of thiazole rings is 1. The van der Waals surface area contributed by atoms with E-state index in [1.165, 1.54) is 11.3 Å². The van der Waals surface area contributed by atoms with Crippen LogP contribution in [0.3, 0.4) is 0 Å². The molecule has 0 aliphatic heterocycles. The maximum atomic E-state index is 12.0. The second-order valence-corrected chi connectivity index (χ2v) is 5.64. The topological polar surface area (TPSA) is 79.8 Å². The van der Waals surface area contributed by atoms with E-state index in [9.17, 15) is 4.79 Å². The normalized spacial score (nSPS) is 10.3. The number of carbonyl (C=O) groups excluding carboxylic acids is 1. The first kappa shape index (κ1) is 15.1. The molecule has 116 valence electrons. The van der Waals surface area contributed by atoms with E-state index >= 15 is 0 Å². The molecule has 0 saturated carbocycles. The summed E-state index contributed by atoms with van der Waals surface area (Å²) in [7, 11) is 0. The van der Waals surface area contributed by atoms with Crippen LogP contribution in [0.15, 0.2) is 54.2 Å². The molecule has 0 bridgehead atoms. The first-order valence-corrected chi connectivity index (χ1v) is 7.96.